The number of halogens is 2. The minimum Gasteiger partial charge on any atom is -0.377 e. The molecule has 0 bridgehead atoms. The van der Waals surface area contributed by atoms with Crippen molar-refractivity contribution >= 4 is 23.2 Å². The topological polar surface area (TPSA) is 6.48 Å². The Morgan fingerprint density at radius 1 is 1.12 bits per heavy atom. The van der Waals surface area contributed by atoms with E-state index < -0.39 is 0 Å². The van der Waals surface area contributed by atoms with Crippen molar-refractivity contribution < 1.29 is 0 Å². The Morgan fingerprint density at radius 2 is 1.88 bits per heavy atom. The highest BCUT2D eigenvalue weighted by Gasteiger charge is 2.19. The van der Waals surface area contributed by atoms with Gasteiger partial charge in [-0.25, -0.2) is 0 Å². The van der Waals surface area contributed by atoms with Gasteiger partial charge in [0.1, 0.15) is 5.16 Å². The van der Waals surface area contributed by atoms with Crippen LogP contribution in [0.15, 0.2) is 45.8 Å². The van der Waals surface area contributed by atoms with Crippen LogP contribution in [0.5, 0.6) is 0 Å². The lowest BCUT2D eigenvalue weighted by molar-refractivity contribution is 0.484. The van der Waals surface area contributed by atoms with Crippen molar-refractivity contribution in [1.29, 1.82) is 0 Å². The Labute approximate surface area is 106 Å². The first-order chi connectivity index (χ1) is 7.59. The average molecular weight is 257 g/mol. The molecule has 16 heavy (non-hydrogen) atoms. The summed E-state index contributed by atoms with van der Waals surface area (Å²) in [4.78, 5) is 4.03. The largest absolute Gasteiger partial charge is 0.377 e. The second-order valence-corrected chi connectivity index (χ2v) is 4.75. The Kier molecular flexibility index (Phi) is 3.31. The van der Waals surface area contributed by atoms with Crippen molar-refractivity contribution in [3.05, 3.63) is 45.8 Å². The van der Waals surface area contributed by atoms with E-state index in [9.17, 15) is 0 Å². The summed E-state index contributed by atoms with van der Waals surface area (Å²) >= 11 is 12.4. The molecule has 0 aromatic rings. The van der Waals surface area contributed by atoms with Crippen molar-refractivity contribution in [2.75, 3.05) is 27.2 Å². The van der Waals surface area contributed by atoms with E-state index in [-0.39, 0.29) is 0 Å². The van der Waals surface area contributed by atoms with Crippen LogP contribution in [0.4, 0.5) is 0 Å². The molecule has 0 fully saturated rings. The van der Waals surface area contributed by atoms with E-state index in [0.717, 1.165) is 24.2 Å². The number of likely N-dealkylation sites (N-methyl/N-ethyl adjacent to an activating group) is 2. The van der Waals surface area contributed by atoms with E-state index in [1.54, 1.807) is 0 Å². The van der Waals surface area contributed by atoms with Crippen LogP contribution >= 0.6 is 23.2 Å². The van der Waals surface area contributed by atoms with Gasteiger partial charge in [-0.1, -0.05) is 35.4 Å². The Bertz CT molecular complexity index is 419. The second kappa shape index (κ2) is 4.56. The molecule has 0 N–H and O–H groups in total. The molecule has 0 unspecified atom stereocenters. The molecule has 2 heterocycles. The molecule has 0 spiro atoms. The van der Waals surface area contributed by atoms with E-state index in [0.29, 0.717) is 10.2 Å². The summed E-state index contributed by atoms with van der Waals surface area (Å²) in [6, 6.07) is 0. The van der Waals surface area contributed by atoms with Gasteiger partial charge in [0, 0.05) is 32.8 Å². The normalized spacial score (nSPS) is 21.2. The standard InChI is InChI=1S/C12H14Cl2N2/c1-15-6-3-9(4-7-15)10-5-8-16(2)12(14)11(10)13/h3-6H,7-8H2,1-2H3. The molecule has 86 valence electrons. The van der Waals surface area contributed by atoms with E-state index in [1.165, 1.54) is 0 Å². The van der Waals surface area contributed by atoms with Crippen LogP contribution in [0.3, 0.4) is 0 Å². The molecule has 2 rings (SSSR count). The Hall–Kier alpha value is -0.860. The van der Waals surface area contributed by atoms with Gasteiger partial charge in [0.05, 0.1) is 5.03 Å². The molecule has 0 radical (unpaired) electrons. The summed E-state index contributed by atoms with van der Waals surface area (Å²) in [6.07, 6.45) is 8.37. The summed E-state index contributed by atoms with van der Waals surface area (Å²) < 4.78 is 0. The fourth-order valence-corrected chi connectivity index (χ4v) is 2.20. The fourth-order valence-electron chi connectivity index (χ4n) is 1.70. The molecule has 2 nitrogen and oxygen atoms in total. The van der Waals surface area contributed by atoms with Gasteiger partial charge in [-0.05, 0) is 17.8 Å². The lowest BCUT2D eigenvalue weighted by atomic mass is 10.0. The van der Waals surface area contributed by atoms with Crippen LogP contribution in [0.1, 0.15) is 0 Å². The predicted molar refractivity (Wildman–Crippen MR) is 69.3 cm³/mol. The van der Waals surface area contributed by atoms with Crippen LogP contribution in [-0.4, -0.2) is 37.0 Å². The zero-order chi connectivity index (χ0) is 11.7. The monoisotopic (exact) mass is 256 g/mol. The molecular formula is C12H14Cl2N2. The van der Waals surface area contributed by atoms with Gasteiger partial charge >= 0.3 is 0 Å². The summed E-state index contributed by atoms with van der Waals surface area (Å²) in [6.45, 7) is 1.70. The van der Waals surface area contributed by atoms with Gasteiger partial charge in [0.25, 0.3) is 0 Å². The predicted octanol–water partition coefficient (Wildman–Crippen LogP) is 2.89. The first-order valence-electron chi connectivity index (χ1n) is 5.15. The van der Waals surface area contributed by atoms with E-state index in [1.807, 2.05) is 25.2 Å². The number of nitrogens with zero attached hydrogens (tertiary/aromatic N) is 2. The van der Waals surface area contributed by atoms with Crippen molar-refractivity contribution in [1.82, 2.24) is 9.80 Å². The summed E-state index contributed by atoms with van der Waals surface area (Å²) in [5.41, 5.74) is 2.18. The molecule has 0 aromatic heterocycles. The SMILES string of the molecule is CN1C=CC(C2=CCN(C)C(Cl)=C2Cl)=CC1. The molecule has 0 saturated heterocycles. The highest BCUT2D eigenvalue weighted by molar-refractivity contribution is 6.41. The van der Waals surface area contributed by atoms with Crippen LogP contribution < -0.4 is 0 Å². The minimum atomic E-state index is 0.618. The maximum Gasteiger partial charge on any atom is 0.124 e. The van der Waals surface area contributed by atoms with Gasteiger partial charge in [-0.3, -0.25) is 0 Å². The third-order valence-corrected chi connectivity index (χ3v) is 3.70. The van der Waals surface area contributed by atoms with Crippen LogP contribution in [0.2, 0.25) is 0 Å². The van der Waals surface area contributed by atoms with Crippen LogP contribution in [0, 0.1) is 0 Å². The molecule has 0 saturated carbocycles. The molecule has 2 aliphatic rings. The highest BCUT2D eigenvalue weighted by Crippen LogP contribution is 2.33. The molecule has 4 heteroatoms. The first kappa shape index (κ1) is 11.6. The first-order valence-corrected chi connectivity index (χ1v) is 5.91. The van der Waals surface area contributed by atoms with Gasteiger partial charge in [-0.15, -0.1) is 0 Å². The number of rotatable bonds is 1. The number of hydrogen-bond acceptors (Lipinski definition) is 2. The Morgan fingerprint density at radius 3 is 2.50 bits per heavy atom. The summed E-state index contributed by atoms with van der Waals surface area (Å²) in [5.74, 6) is 0. The molecule has 0 atom stereocenters. The third-order valence-electron chi connectivity index (χ3n) is 2.74. The van der Waals surface area contributed by atoms with Gasteiger partial charge < -0.3 is 9.80 Å². The molecule has 2 aliphatic heterocycles. The zero-order valence-electron chi connectivity index (χ0n) is 9.37. The van der Waals surface area contributed by atoms with Crippen molar-refractivity contribution in [3.8, 4) is 0 Å². The Balaban J connectivity index is 2.27. The van der Waals surface area contributed by atoms with E-state index >= 15 is 0 Å². The minimum absolute atomic E-state index is 0.618. The highest BCUT2D eigenvalue weighted by atomic mass is 35.5. The van der Waals surface area contributed by atoms with Crippen molar-refractivity contribution in [3.63, 3.8) is 0 Å². The van der Waals surface area contributed by atoms with E-state index in [2.05, 4.69) is 23.1 Å². The van der Waals surface area contributed by atoms with Crippen LogP contribution in [0.25, 0.3) is 0 Å². The molecule has 0 amide bonds. The number of hydrogen-bond donors (Lipinski definition) is 0. The maximum absolute atomic E-state index is 6.25. The van der Waals surface area contributed by atoms with Gasteiger partial charge in [-0.2, -0.15) is 0 Å². The lowest BCUT2D eigenvalue weighted by Gasteiger charge is -2.26. The summed E-state index contributed by atoms with van der Waals surface area (Å²) in [5, 5.41) is 1.25. The smallest absolute Gasteiger partial charge is 0.124 e. The lowest BCUT2D eigenvalue weighted by Crippen LogP contribution is -2.21. The van der Waals surface area contributed by atoms with Crippen molar-refractivity contribution in [2.45, 2.75) is 0 Å². The maximum atomic E-state index is 6.25. The second-order valence-electron chi connectivity index (χ2n) is 4.02. The molecule has 0 aliphatic carbocycles. The fraction of sp³-hybridized carbons (Fsp3) is 0.333. The average Bonchev–Trinajstić information content (AvgIpc) is 2.28. The van der Waals surface area contributed by atoms with Gasteiger partial charge in [0.2, 0.25) is 0 Å². The summed E-state index contributed by atoms with van der Waals surface area (Å²) in [7, 11) is 3.97. The third kappa shape index (κ3) is 2.13. The quantitative estimate of drug-likeness (QED) is 0.666. The van der Waals surface area contributed by atoms with Crippen LogP contribution in [-0.2, 0) is 0 Å². The van der Waals surface area contributed by atoms with E-state index in [4.69, 9.17) is 23.2 Å². The van der Waals surface area contributed by atoms with Gasteiger partial charge in [0.15, 0.2) is 0 Å². The zero-order valence-corrected chi connectivity index (χ0v) is 10.9. The van der Waals surface area contributed by atoms with Crippen molar-refractivity contribution in [2.24, 2.45) is 0 Å². The number of allylic oxidation sites excluding steroid dienone is 4. The molecule has 0 aromatic carbocycles. The molecular weight excluding hydrogens is 243 g/mol.